The van der Waals surface area contributed by atoms with Gasteiger partial charge in [0.15, 0.2) is 6.49 Å². The average molecular weight is 232 g/mol. The summed E-state index contributed by atoms with van der Waals surface area (Å²) in [6.07, 6.45) is 0. The Morgan fingerprint density at radius 3 is 2.00 bits per heavy atom. The topological polar surface area (TPSA) is 40.5 Å². The Morgan fingerprint density at radius 2 is 1.57 bits per heavy atom. The molecule has 1 aromatic rings. The van der Waals surface area contributed by atoms with E-state index in [-0.39, 0.29) is 10.1 Å². The largest absolute Gasteiger partial charge is 0.346 e. The second-order valence-electron chi connectivity index (χ2n) is 2.92. The third-order valence-corrected chi connectivity index (χ3v) is 9.48. The van der Waals surface area contributed by atoms with Crippen molar-refractivity contribution in [3.63, 3.8) is 0 Å². The Balaban J connectivity index is 3.25. The van der Waals surface area contributed by atoms with Gasteiger partial charge in [0.05, 0.1) is 0 Å². The first kappa shape index (κ1) is 12.0. The highest BCUT2D eigenvalue weighted by atomic mass is 32.5. The molecule has 0 atom stereocenters. The summed E-state index contributed by atoms with van der Waals surface area (Å²) in [4.78, 5) is 20.2. The van der Waals surface area contributed by atoms with Crippen LogP contribution in [0, 0.1) is 0 Å². The summed E-state index contributed by atoms with van der Waals surface area (Å²) >= 11 is 0. The number of hydrogen-bond donors (Lipinski definition) is 2. The van der Waals surface area contributed by atoms with Gasteiger partial charge < -0.3 is 9.79 Å². The van der Waals surface area contributed by atoms with Crippen molar-refractivity contribution in [3.8, 4) is 0 Å². The molecule has 0 fully saturated rings. The summed E-state index contributed by atoms with van der Waals surface area (Å²) in [6, 6.07) is 9.20. The van der Waals surface area contributed by atoms with E-state index in [2.05, 4.69) is 0 Å². The van der Waals surface area contributed by atoms with Gasteiger partial charge in [-0.1, -0.05) is 32.0 Å². The second-order valence-corrected chi connectivity index (χ2v) is 9.68. The number of rotatable bonds is 3. The first-order chi connectivity index (χ1) is 6.62. The molecule has 1 aromatic carbocycles. The van der Waals surface area contributed by atoms with Crippen LogP contribution in [0.4, 0.5) is 0 Å². The van der Waals surface area contributed by atoms with Crippen LogP contribution in [0.25, 0.3) is 0 Å². The first-order valence-electron chi connectivity index (χ1n) is 4.71. The van der Waals surface area contributed by atoms with Crippen molar-refractivity contribution in [2.75, 3.05) is 11.5 Å². The van der Waals surface area contributed by atoms with Crippen LogP contribution in [0.5, 0.6) is 0 Å². The Labute approximate surface area is 87.7 Å². The van der Waals surface area contributed by atoms with E-state index in [4.69, 9.17) is 0 Å². The monoisotopic (exact) mass is 232 g/mol. The summed E-state index contributed by atoms with van der Waals surface area (Å²) in [5.41, 5.74) is 0. The van der Waals surface area contributed by atoms with Crippen molar-refractivity contribution >= 4 is 21.9 Å². The van der Waals surface area contributed by atoms with Gasteiger partial charge in [0.25, 0.3) is 0 Å². The molecule has 2 nitrogen and oxygen atoms in total. The zero-order chi connectivity index (χ0) is 10.6. The highest BCUT2D eigenvalue weighted by molar-refractivity contribution is 8.31. The van der Waals surface area contributed by atoms with Crippen molar-refractivity contribution < 1.29 is 9.79 Å². The van der Waals surface area contributed by atoms with E-state index in [0.29, 0.717) is 5.30 Å². The van der Waals surface area contributed by atoms with Gasteiger partial charge in [-0.25, -0.2) is 0 Å². The zero-order valence-corrected chi connectivity index (χ0v) is 10.3. The molecule has 0 aliphatic rings. The molecular weight excluding hydrogens is 215 g/mol. The summed E-state index contributed by atoms with van der Waals surface area (Å²) < 4.78 is 0. The molecule has 0 saturated carbocycles. The maximum atomic E-state index is 10.1. The SMILES string of the molecule is CCS(CC)=P(O)(O)c1ccccc1. The standard InChI is InChI=1S/C10H17O2PS/c1-3-14(4-2)13(11,12)10-8-6-5-7-9-10/h5-9,11-12H,3-4H2,1-2H3. The van der Waals surface area contributed by atoms with E-state index in [1.807, 2.05) is 32.0 Å². The van der Waals surface area contributed by atoms with E-state index in [0.717, 1.165) is 11.5 Å². The van der Waals surface area contributed by atoms with E-state index >= 15 is 0 Å². The second kappa shape index (κ2) is 5.13. The number of hydrogen-bond acceptors (Lipinski definition) is 0. The fourth-order valence-electron chi connectivity index (χ4n) is 1.34. The van der Waals surface area contributed by atoms with Gasteiger partial charge in [-0.2, -0.15) is 0 Å². The zero-order valence-electron chi connectivity index (χ0n) is 8.55. The number of benzene rings is 1. The summed E-state index contributed by atoms with van der Waals surface area (Å²) in [5.74, 6) is 1.68. The Hall–Kier alpha value is -0.0800. The van der Waals surface area contributed by atoms with Gasteiger partial charge in [0, 0.05) is 5.30 Å². The van der Waals surface area contributed by atoms with Crippen LogP contribution in [0.2, 0.25) is 0 Å². The minimum absolute atomic E-state index is 0.278. The van der Waals surface area contributed by atoms with Crippen molar-refractivity contribution in [1.82, 2.24) is 0 Å². The van der Waals surface area contributed by atoms with Gasteiger partial charge >= 0.3 is 0 Å². The third kappa shape index (κ3) is 2.48. The minimum Gasteiger partial charge on any atom is -0.346 e. The molecule has 2 N–H and O–H groups in total. The minimum atomic E-state index is -2.88. The molecule has 0 radical (unpaired) electrons. The lowest BCUT2D eigenvalue weighted by Crippen LogP contribution is -2.10. The van der Waals surface area contributed by atoms with Crippen LogP contribution in [-0.2, 0) is 10.1 Å². The Bertz CT molecular complexity index is 336. The maximum Gasteiger partial charge on any atom is 0.174 e. The van der Waals surface area contributed by atoms with Crippen LogP contribution < -0.4 is 5.30 Å². The molecule has 0 aliphatic heterocycles. The van der Waals surface area contributed by atoms with E-state index in [1.165, 1.54) is 0 Å². The smallest absolute Gasteiger partial charge is 0.174 e. The molecule has 0 unspecified atom stereocenters. The molecule has 1 rings (SSSR count). The lowest BCUT2D eigenvalue weighted by atomic mass is 10.4. The Morgan fingerprint density at radius 1 is 1.07 bits per heavy atom. The normalized spacial score (nSPS) is 12.1. The van der Waals surface area contributed by atoms with Crippen LogP contribution >= 0.6 is 6.49 Å². The quantitative estimate of drug-likeness (QED) is 0.779. The molecule has 14 heavy (non-hydrogen) atoms. The predicted octanol–water partition coefficient (Wildman–Crippen LogP) is 1.72. The average Bonchev–Trinajstić information content (AvgIpc) is 2.20. The van der Waals surface area contributed by atoms with Crippen LogP contribution in [0.15, 0.2) is 30.3 Å². The Kier molecular flexibility index (Phi) is 4.39. The maximum absolute atomic E-state index is 10.1. The van der Waals surface area contributed by atoms with Gasteiger partial charge in [0.2, 0.25) is 0 Å². The van der Waals surface area contributed by atoms with Gasteiger partial charge in [-0.15, -0.1) is 10.1 Å². The van der Waals surface area contributed by atoms with Crippen LogP contribution in [0.3, 0.4) is 0 Å². The van der Waals surface area contributed by atoms with Crippen molar-refractivity contribution in [1.29, 1.82) is 0 Å². The molecule has 0 heterocycles. The summed E-state index contributed by atoms with van der Waals surface area (Å²) in [6.45, 7) is 1.14. The van der Waals surface area contributed by atoms with Gasteiger partial charge in [-0.05, 0) is 23.6 Å². The molecular formula is C10H17O2PS. The first-order valence-corrected chi connectivity index (χ1v) is 8.57. The van der Waals surface area contributed by atoms with Crippen molar-refractivity contribution in [3.05, 3.63) is 30.3 Å². The third-order valence-electron chi connectivity index (χ3n) is 2.12. The lowest BCUT2D eigenvalue weighted by Gasteiger charge is -2.18. The molecule has 80 valence electrons. The molecule has 0 aromatic heterocycles. The summed E-state index contributed by atoms with van der Waals surface area (Å²) in [7, 11) is -0.278. The molecule has 0 spiro atoms. The lowest BCUT2D eigenvalue weighted by molar-refractivity contribution is 0.492. The molecule has 0 bridgehead atoms. The van der Waals surface area contributed by atoms with Crippen LogP contribution in [-0.4, -0.2) is 21.3 Å². The molecule has 0 aliphatic carbocycles. The van der Waals surface area contributed by atoms with E-state index in [9.17, 15) is 9.79 Å². The van der Waals surface area contributed by atoms with Crippen molar-refractivity contribution in [2.45, 2.75) is 13.8 Å². The predicted molar refractivity (Wildman–Crippen MR) is 65.9 cm³/mol. The molecule has 0 saturated heterocycles. The fraction of sp³-hybridized carbons (Fsp3) is 0.400. The fourth-order valence-corrected chi connectivity index (χ4v) is 6.74. The molecule has 0 amide bonds. The van der Waals surface area contributed by atoms with Crippen LogP contribution in [0.1, 0.15) is 13.8 Å². The van der Waals surface area contributed by atoms with Gasteiger partial charge in [-0.3, -0.25) is 0 Å². The van der Waals surface area contributed by atoms with E-state index < -0.39 is 6.49 Å². The molecule has 4 heteroatoms. The van der Waals surface area contributed by atoms with Gasteiger partial charge in [0.1, 0.15) is 0 Å². The highest BCUT2D eigenvalue weighted by Crippen LogP contribution is 2.40. The summed E-state index contributed by atoms with van der Waals surface area (Å²) in [5, 5.41) is 0.701. The highest BCUT2D eigenvalue weighted by Gasteiger charge is 2.16. The van der Waals surface area contributed by atoms with Crippen molar-refractivity contribution in [2.24, 2.45) is 0 Å². The van der Waals surface area contributed by atoms with E-state index in [1.54, 1.807) is 12.1 Å².